The van der Waals surface area contributed by atoms with Crippen LogP contribution in [0.25, 0.3) is 0 Å². The maximum Gasteiger partial charge on any atom is 0.282 e. The van der Waals surface area contributed by atoms with Gasteiger partial charge in [0.1, 0.15) is 0 Å². The lowest BCUT2D eigenvalue weighted by Gasteiger charge is -2.04. The molecule has 12 heteroatoms. The third-order valence-electron chi connectivity index (χ3n) is 2.63. The zero-order valence-electron chi connectivity index (χ0n) is 12.3. The smallest absolute Gasteiger partial charge is 0.282 e. The molecule has 0 atom stereocenters. The first-order valence-corrected chi connectivity index (χ1v) is 7.88. The van der Waals surface area contributed by atoms with Crippen LogP contribution in [0.5, 0.6) is 0 Å². The summed E-state index contributed by atoms with van der Waals surface area (Å²) in [6, 6.07) is 5.14. The number of hydrogen-bond donors (Lipinski definition) is 4. The van der Waals surface area contributed by atoms with Crippen molar-refractivity contribution in [2.24, 2.45) is 10.2 Å². The van der Waals surface area contributed by atoms with Crippen LogP contribution < -0.4 is 21.7 Å². The van der Waals surface area contributed by atoms with Crippen LogP contribution in [-0.4, -0.2) is 24.3 Å². The van der Waals surface area contributed by atoms with E-state index in [1.807, 2.05) is 4.72 Å². The molecule has 0 bridgehead atoms. The molecule has 0 saturated carbocycles. The Labute approximate surface area is 135 Å². The van der Waals surface area contributed by atoms with Gasteiger partial charge in [-0.3, -0.25) is 14.6 Å². The molecule has 0 radical (unpaired) electrons. The van der Waals surface area contributed by atoms with Crippen molar-refractivity contribution in [3.8, 4) is 0 Å². The average Bonchev–Trinajstić information content (AvgIpc) is 2.45. The van der Waals surface area contributed by atoms with E-state index in [1.54, 1.807) is 0 Å². The Morgan fingerprint density at radius 2 is 1.83 bits per heavy atom. The summed E-state index contributed by atoms with van der Waals surface area (Å²) in [5.74, 6) is -1.04. The van der Waals surface area contributed by atoms with Crippen molar-refractivity contribution in [2.75, 3.05) is 11.5 Å². The number of benzene rings is 1. The van der Waals surface area contributed by atoms with E-state index in [0.29, 0.717) is 0 Å². The van der Waals surface area contributed by atoms with Crippen LogP contribution in [0.15, 0.2) is 44.2 Å². The van der Waals surface area contributed by atoms with Crippen LogP contribution in [0.2, 0.25) is 0 Å². The summed E-state index contributed by atoms with van der Waals surface area (Å²) in [6.07, 6.45) is 0. The number of aromatic nitrogens is 2. The van der Waals surface area contributed by atoms with Crippen molar-refractivity contribution >= 4 is 39.1 Å². The monoisotopic (exact) mass is 351 g/mol. The van der Waals surface area contributed by atoms with E-state index in [4.69, 9.17) is 11.5 Å². The number of nitrogens with zero attached hydrogens (tertiary/aromatic N) is 3. The van der Waals surface area contributed by atoms with Gasteiger partial charge in [-0.05, 0) is 24.3 Å². The van der Waals surface area contributed by atoms with Crippen molar-refractivity contribution in [3.05, 3.63) is 34.6 Å². The number of amides is 1. The molecule has 2 aromatic rings. The standard InChI is InChI=1S/C12H13N7O4S/c1-6(20)19-24(22,23)8-4-2-7(3-5-8)17-18-9-10(13)15-12(14)16-11(9)21/h2-5H,1H3,(H,19,20)(H5,13,14,15,16,21). The second-order valence-corrected chi connectivity index (χ2v) is 6.22. The summed E-state index contributed by atoms with van der Waals surface area (Å²) >= 11 is 0. The van der Waals surface area contributed by atoms with E-state index in [9.17, 15) is 18.0 Å². The van der Waals surface area contributed by atoms with Gasteiger partial charge in [-0.25, -0.2) is 13.1 Å². The summed E-state index contributed by atoms with van der Waals surface area (Å²) in [5.41, 5.74) is 10.2. The highest BCUT2D eigenvalue weighted by Gasteiger charge is 2.15. The Balaban J connectivity index is 2.27. The highest BCUT2D eigenvalue weighted by molar-refractivity contribution is 7.90. The van der Waals surface area contributed by atoms with Crippen molar-refractivity contribution in [3.63, 3.8) is 0 Å². The molecular formula is C12H13N7O4S. The molecule has 1 aromatic heterocycles. The maximum atomic E-state index is 11.8. The number of nitrogen functional groups attached to an aromatic ring is 2. The summed E-state index contributed by atoms with van der Waals surface area (Å²) in [6.45, 7) is 1.09. The molecule has 0 aliphatic rings. The van der Waals surface area contributed by atoms with Crippen LogP contribution in [0.3, 0.4) is 0 Å². The minimum absolute atomic E-state index is 0.122. The van der Waals surface area contributed by atoms with Gasteiger partial charge in [0.2, 0.25) is 11.9 Å². The van der Waals surface area contributed by atoms with Crippen molar-refractivity contribution in [2.45, 2.75) is 11.8 Å². The fourth-order valence-corrected chi connectivity index (χ4v) is 2.64. The van der Waals surface area contributed by atoms with Crippen LogP contribution in [-0.2, 0) is 14.8 Å². The number of anilines is 2. The molecule has 11 nitrogen and oxygen atoms in total. The van der Waals surface area contributed by atoms with E-state index >= 15 is 0 Å². The maximum absolute atomic E-state index is 11.8. The molecule has 0 unspecified atom stereocenters. The largest absolute Gasteiger partial charge is 0.382 e. The van der Waals surface area contributed by atoms with Crippen molar-refractivity contribution < 1.29 is 13.2 Å². The lowest BCUT2D eigenvalue weighted by atomic mass is 10.3. The summed E-state index contributed by atoms with van der Waals surface area (Å²) < 4.78 is 25.4. The number of nitrogens with one attached hydrogen (secondary N) is 2. The topological polar surface area (TPSA) is 186 Å². The van der Waals surface area contributed by atoms with Gasteiger partial charge in [0.25, 0.3) is 15.6 Å². The van der Waals surface area contributed by atoms with Crippen LogP contribution in [0.4, 0.5) is 23.1 Å². The Morgan fingerprint density at radius 3 is 2.38 bits per heavy atom. The number of nitrogens with two attached hydrogens (primary N) is 2. The Kier molecular flexibility index (Phi) is 4.59. The summed E-state index contributed by atoms with van der Waals surface area (Å²) in [5, 5.41) is 7.45. The molecular weight excluding hydrogens is 338 g/mol. The van der Waals surface area contributed by atoms with Crippen molar-refractivity contribution in [1.82, 2.24) is 14.7 Å². The zero-order chi connectivity index (χ0) is 17.9. The van der Waals surface area contributed by atoms with Gasteiger partial charge in [0, 0.05) is 6.92 Å². The van der Waals surface area contributed by atoms with Gasteiger partial charge in [0.15, 0.2) is 11.5 Å². The molecule has 1 heterocycles. The molecule has 0 saturated heterocycles. The minimum Gasteiger partial charge on any atom is -0.382 e. The zero-order valence-corrected chi connectivity index (χ0v) is 13.2. The summed E-state index contributed by atoms with van der Waals surface area (Å²) in [4.78, 5) is 28.3. The molecule has 2 rings (SSSR count). The SMILES string of the molecule is CC(=O)NS(=O)(=O)c1ccc(N=Nc2c(N)nc(N)[nH]c2=O)cc1. The highest BCUT2D eigenvalue weighted by atomic mass is 32.2. The highest BCUT2D eigenvalue weighted by Crippen LogP contribution is 2.20. The lowest BCUT2D eigenvalue weighted by molar-refractivity contribution is -0.117. The predicted molar refractivity (Wildman–Crippen MR) is 85.3 cm³/mol. The molecule has 1 aromatic carbocycles. The van der Waals surface area contributed by atoms with Gasteiger partial charge in [-0.1, -0.05) is 0 Å². The molecule has 0 aliphatic carbocycles. The molecule has 0 aliphatic heterocycles. The number of carbonyl (C=O) groups excluding carboxylic acids is 1. The van der Waals surface area contributed by atoms with Gasteiger partial charge in [0.05, 0.1) is 10.6 Å². The quantitative estimate of drug-likeness (QED) is 0.565. The third-order valence-corrected chi connectivity index (χ3v) is 4.08. The van der Waals surface area contributed by atoms with E-state index in [2.05, 4.69) is 20.2 Å². The number of H-pyrrole nitrogens is 1. The number of sulfonamides is 1. The van der Waals surface area contributed by atoms with Crippen LogP contribution in [0.1, 0.15) is 6.92 Å². The van der Waals surface area contributed by atoms with E-state index < -0.39 is 21.5 Å². The van der Waals surface area contributed by atoms with Gasteiger partial charge in [-0.2, -0.15) is 10.1 Å². The number of hydrogen-bond acceptors (Lipinski definition) is 9. The Bertz CT molecular complexity index is 964. The molecule has 126 valence electrons. The molecule has 0 spiro atoms. The van der Waals surface area contributed by atoms with E-state index in [-0.39, 0.29) is 28.0 Å². The fraction of sp³-hybridized carbons (Fsp3) is 0.0833. The second kappa shape index (κ2) is 6.45. The molecule has 6 N–H and O–H groups in total. The Hall–Kier alpha value is -3.28. The fourth-order valence-electron chi connectivity index (χ4n) is 1.65. The van der Waals surface area contributed by atoms with Gasteiger partial charge in [-0.15, -0.1) is 5.11 Å². The van der Waals surface area contributed by atoms with Crippen LogP contribution in [0, 0.1) is 0 Å². The van der Waals surface area contributed by atoms with Gasteiger partial charge >= 0.3 is 0 Å². The number of aromatic amines is 1. The average molecular weight is 351 g/mol. The predicted octanol–water partition coefficient (Wildman–Crippen LogP) is 0.174. The first-order chi connectivity index (χ1) is 11.2. The number of rotatable bonds is 4. The molecule has 1 amide bonds. The number of carbonyl (C=O) groups is 1. The van der Waals surface area contributed by atoms with Gasteiger partial charge < -0.3 is 11.5 Å². The van der Waals surface area contributed by atoms with Crippen molar-refractivity contribution in [1.29, 1.82) is 0 Å². The first kappa shape index (κ1) is 17.1. The van der Waals surface area contributed by atoms with E-state index in [0.717, 1.165) is 6.92 Å². The normalized spacial score (nSPS) is 11.5. The second-order valence-electron chi connectivity index (χ2n) is 4.54. The molecule has 0 fully saturated rings. The first-order valence-electron chi connectivity index (χ1n) is 6.39. The Morgan fingerprint density at radius 1 is 1.21 bits per heavy atom. The van der Waals surface area contributed by atoms with E-state index in [1.165, 1.54) is 24.3 Å². The lowest BCUT2D eigenvalue weighted by Crippen LogP contribution is -2.28. The summed E-state index contributed by atoms with van der Waals surface area (Å²) in [7, 11) is -3.93. The number of azo groups is 1. The molecule has 24 heavy (non-hydrogen) atoms. The van der Waals surface area contributed by atoms with Crippen LogP contribution >= 0.6 is 0 Å². The minimum atomic E-state index is -3.93. The third kappa shape index (κ3) is 3.92.